The summed E-state index contributed by atoms with van der Waals surface area (Å²) in [5, 5.41) is 23.3. The molecule has 1 aromatic carbocycles. The lowest BCUT2D eigenvalue weighted by atomic mass is 9.85. The summed E-state index contributed by atoms with van der Waals surface area (Å²) >= 11 is 0. The van der Waals surface area contributed by atoms with E-state index in [2.05, 4.69) is 5.32 Å². The van der Waals surface area contributed by atoms with Crippen LogP contribution in [-0.4, -0.2) is 52.5 Å². The van der Waals surface area contributed by atoms with Crippen LogP contribution < -0.4 is 10.1 Å². The van der Waals surface area contributed by atoms with Crippen LogP contribution in [0.4, 0.5) is 11.4 Å². The molecular formula is C18H23N3O6. The highest BCUT2D eigenvalue weighted by Crippen LogP contribution is 2.39. The van der Waals surface area contributed by atoms with Crippen molar-refractivity contribution in [1.82, 2.24) is 4.90 Å². The van der Waals surface area contributed by atoms with Crippen LogP contribution >= 0.6 is 0 Å². The number of fused-ring (bicyclic) bond motifs is 1. The largest absolute Gasteiger partial charge is 0.496 e. The number of nitrogens with zero attached hydrogens (tertiary/aromatic N) is 2. The number of nitro benzene ring substituents is 1. The number of carbonyl (C=O) groups is 2. The second kappa shape index (κ2) is 7.91. The van der Waals surface area contributed by atoms with Gasteiger partial charge in [0.2, 0.25) is 5.91 Å². The number of anilines is 1. The van der Waals surface area contributed by atoms with E-state index >= 15 is 0 Å². The average Bonchev–Trinajstić information content (AvgIpc) is 3.00. The van der Waals surface area contributed by atoms with Gasteiger partial charge in [-0.1, -0.05) is 12.8 Å². The molecule has 0 aromatic heterocycles. The van der Waals surface area contributed by atoms with Gasteiger partial charge in [0.05, 0.1) is 24.6 Å². The zero-order valence-corrected chi connectivity index (χ0v) is 15.1. The third kappa shape index (κ3) is 4.02. The molecule has 1 aromatic rings. The predicted octanol–water partition coefficient (Wildman–Crippen LogP) is 2.26. The SMILES string of the molecule is COc1ccc(NC(=O)CN2C(C(=O)O)CC3CCCCC32)c([N+](=O)[O-])c1. The van der Waals surface area contributed by atoms with Crippen molar-refractivity contribution >= 4 is 23.3 Å². The molecule has 2 N–H and O–H groups in total. The fourth-order valence-corrected chi connectivity index (χ4v) is 4.27. The molecule has 0 bridgehead atoms. The second-order valence-corrected chi connectivity index (χ2v) is 7.06. The minimum atomic E-state index is -0.923. The third-order valence-electron chi connectivity index (χ3n) is 5.51. The molecular weight excluding hydrogens is 354 g/mol. The summed E-state index contributed by atoms with van der Waals surface area (Å²) in [4.78, 5) is 36.6. The molecule has 1 aliphatic carbocycles. The number of rotatable bonds is 6. The Kier molecular flexibility index (Phi) is 5.59. The van der Waals surface area contributed by atoms with Crippen molar-refractivity contribution in [3.63, 3.8) is 0 Å². The maximum absolute atomic E-state index is 12.5. The lowest BCUT2D eigenvalue weighted by Crippen LogP contribution is -2.46. The van der Waals surface area contributed by atoms with Gasteiger partial charge < -0.3 is 15.2 Å². The van der Waals surface area contributed by atoms with Gasteiger partial charge in [-0.3, -0.25) is 24.6 Å². The summed E-state index contributed by atoms with van der Waals surface area (Å²) < 4.78 is 4.98. The molecule has 1 amide bonds. The first-order valence-corrected chi connectivity index (χ1v) is 9.01. The molecule has 3 atom stereocenters. The minimum absolute atomic E-state index is 0.0667. The zero-order valence-electron chi connectivity index (χ0n) is 15.1. The highest BCUT2D eigenvalue weighted by Gasteiger charge is 2.45. The lowest BCUT2D eigenvalue weighted by Gasteiger charge is -2.32. The first-order chi connectivity index (χ1) is 12.9. The molecule has 3 unspecified atom stereocenters. The van der Waals surface area contributed by atoms with E-state index in [1.54, 1.807) is 4.90 Å². The van der Waals surface area contributed by atoms with Crippen LogP contribution in [0.3, 0.4) is 0 Å². The number of carboxylic acid groups (broad SMARTS) is 1. The third-order valence-corrected chi connectivity index (χ3v) is 5.51. The molecule has 146 valence electrons. The van der Waals surface area contributed by atoms with E-state index in [9.17, 15) is 24.8 Å². The highest BCUT2D eigenvalue weighted by molar-refractivity contribution is 5.95. The Morgan fingerprint density at radius 1 is 1.37 bits per heavy atom. The number of likely N-dealkylation sites (tertiary alicyclic amines) is 1. The van der Waals surface area contributed by atoms with E-state index in [4.69, 9.17) is 4.74 Å². The first kappa shape index (κ1) is 19.1. The van der Waals surface area contributed by atoms with Gasteiger partial charge in [0.1, 0.15) is 17.5 Å². The molecule has 2 fully saturated rings. The summed E-state index contributed by atoms with van der Waals surface area (Å²) in [6.45, 7) is -0.0959. The van der Waals surface area contributed by atoms with E-state index in [1.807, 2.05) is 0 Å². The van der Waals surface area contributed by atoms with Crippen LogP contribution in [0.1, 0.15) is 32.1 Å². The van der Waals surface area contributed by atoms with Crippen LogP contribution in [0.25, 0.3) is 0 Å². The molecule has 3 rings (SSSR count). The molecule has 9 nitrogen and oxygen atoms in total. The monoisotopic (exact) mass is 377 g/mol. The number of ether oxygens (including phenoxy) is 1. The molecule has 9 heteroatoms. The van der Waals surface area contributed by atoms with Crippen molar-refractivity contribution in [3.05, 3.63) is 28.3 Å². The Bertz CT molecular complexity index is 753. The summed E-state index contributed by atoms with van der Waals surface area (Å²) in [5.41, 5.74) is -0.202. The second-order valence-electron chi connectivity index (χ2n) is 7.06. The lowest BCUT2D eigenvalue weighted by molar-refractivity contribution is -0.384. The number of hydrogen-bond donors (Lipinski definition) is 2. The number of carboxylic acids is 1. The zero-order chi connectivity index (χ0) is 19.6. The fourth-order valence-electron chi connectivity index (χ4n) is 4.27. The van der Waals surface area contributed by atoms with Crippen LogP contribution in [0.2, 0.25) is 0 Å². The number of aliphatic carboxylic acids is 1. The Morgan fingerprint density at radius 2 is 2.11 bits per heavy atom. The molecule has 0 spiro atoms. The van der Waals surface area contributed by atoms with Gasteiger partial charge in [-0.15, -0.1) is 0 Å². The molecule has 1 heterocycles. The maximum Gasteiger partial charge on any atom is 0.320 e. The summed E-state index contributed by atoms with van der Waals surface area (Å²) in [6.07, 6.45) is 4.53. The van der Waals surface area contributed by atoms with E-state index in [-0.39, 0.29) is 24.0 Å². The Hall–Kier alpha value is -2.68. The standard InChI is InChI=1S/C18H23N3O6/c1-27-12-6-7-13(15(9-12)21(25)26)19-17(22)10-20-14-5-3-2-4-11(14)8-16(20)18(23)24/h6-7,9,11,14,16H,2-5,8,10H2,1H3,(H,19,22)(H,23,24). The van der Waals surface area contributed by atoms with E-state index in [0.717, 1.165) is 25.7 Å². The van der Waals surface area contributed by atoms with Gasteiger partial charge in [0.15, 0.2) is 0 Å². The van der Waals surface area contributed by atoms with Crippen molar-refractivity contribution in [1.29, 1.82) is 0 Å². The topological polar surface area (TPSA) is 122 Å². The predicted molar refractivity (Wildman–Crippen MR) is 96.8 cm³/mol. The minimum Gasteiger partial charge on any atom is -0.496 e. The average molecular weight is 377 g/mol. The van der Waals surface area contributed by atoms with Gasteiger partial charge in [0.25, 0.3) is 5.69 Å². The van der Waals surface area contributed by atoms with Crippen LogP contribution in [0.5, 0.6) is 5.75 Å². The number of nitrogens with one attached hydrogen (secondary N) is 1. The number of hydrogen-bond acceptors (Lipinski definition) is 6. The fraction of sp³-hybridized carbons (Fsp3) is 0.556. The highest BCUT2D eigenvalue weighted by atomic mass is 16.6. The Balaban J connectivity index is 1.75. The maximum atomic E-state index is 12.5. The van der Waals surface area contributed by atoms with Crippen molar-refractivity contribution in [2.45, 2.75) is 44.2 Å². The van der Waals surface area contributed by atoms with E-state index < -0.39 is 22.8 Å². The molecule has 1 saturated heterocycles. The molecule has 1 saturated carbocycles. The number of benzene rings is 1. The van der Waals surface area contributed by atoms with Gasteiger partial charge in [-0.05, 0) is 37.3 Å². The number of methoxy groups -OCH3 is 1. The Morgan fingerprint density at radius 3 is 2.78 bits per heavy atom. The van der Waals surface area contributed by atoms with E-state index in [0.29, 0.717) is 18.1 Å². The smallest absolute Gasteiger partial charge is 0.320 e. The van der Waals surface area contributed by atoms with Crippen LogP contribution in [0.15, 0.2) is 18.2 Å². The van der Waals surface area contributed by atoms with Crippen LogP contribution in [0, 0.1) is 16.0 Å². The van der Waals surface area contributed by atoms with Gasteiger partial charge in [-0.25, -0.2) is 0 Å². The molecule has 2 aliphatic rings. The summed E-state index contributed by atoms with van der Waals surface area (Å²) in [6, 6.07) is 3.57. The van der Waals surface area contributed by atoms with E-state index in [1.165, 1.54) is 25.3 Å². The molecule has 0 radical (unpaired) electrons. The van der Waals surface area contributed by atoms with Crippen LogP contribution in [-0.2, 0) is 9.59 Å². The van der Waals surface area contributed by atoms with Gasteiger partial charge in [0, 0.05) is 6.04 Å². The van der Waals surface area contributed by atoms with Crippen molar-refractivity contribution < 1.29 is 24.4 Å². The summed E-state index contributed by atoms with van der Waals surface area (Å²) in [7, 11) is 1.40. The van der Waals surface area contributed by atoms with Gasteiger partial charge in [-0.2, -0.15) is 0 Å². The quantitative estimate of drug-likeness (QED) is 0.576. The van der Waals surface area contributed by atoms with Crippen molar-refractivity contribution in [3.8, 4) is 5.75 Å². The molecule has 1 aliphatic heterocycles. The number of amides is 1. The normalized spacial score (nSPS) is 24.9. The number of nitro groups is 1. The molecule has 27 heavy (non-hydrogen) atoms. The van der Waals surface area contributed by atoms with Crippen molar-refractivity contribution in [2.24, 2.45) is 5.92 Å². The van der Waals surface area contributed by atoms with Crippen molar-refractivity contribution in [2.75, 3.05) is 19.0 Å². The summed E-state index contributed by atoms with van der Waals surface area (Å²) in [5.74, 6) is -0.772. The first-order valence-electron chi connectivity index (χ1n) is 9.01. The van der Waals surface area contributed by atoms with Gasteiger partial charge >= 0.3 is 5.97 Å². The number of carbonyl (C=O) groups excluding carboxylic acids is 1. The Labute approximate surface area is 156 Å².